The van der Waals surface area contributed by atoms with Crippen LogP contribution in [0.15, 0.2) is 20.9 Å². The summed E-state index contributed by atoms with van der Waals surface area (Å²) in [5, 5.41) is 15.0. The summed E-state index contributed by atoms with van der Waals surface area (Å²) in [6.45, 7) is 4.53. The summed E-state index contributed by atoms with van der Waals surface area (Å²) < 4.78 is 11.9. The number of rotatable bonds is 9. The summed E-state index contributed by atoms with van der Waals surface area (Å²) in [7, 11) is 0. The number of hydrogen-bond donors (Lipinski definition) is 3. The van der Waals surface area contributed by atoms with Crippen LogP contribution in [0, 0.1) is 12.8 Å². The summed E-state index contributed by atoms with van der Waals surface area (Å²) in [4.78, 5) is 63.8. The molecule has 1 aromatic rings. The van der Waals surface area contributed by atoms with Gasteiger partial charge in [-0.1, -0.05) is 25.4 Å². The zero-order valence-corrected chi connectivity index (χ0v) is 18.4. The normalized spacial score (nSPS) is 21.5. The van der Waals surface area contributed by atoms with E-state index in [1.54, 1.807) is 13.8 Å². The number of ether oxygens (including phenoxy) is 2. The van der Waals surface area contributed by atoms with E-state index < -0.39 is 65.9 Å². The summed E-state index contributed by atoms with van der Waals surface area (Å²) >= 11 is 0. The van der Waals surface area contributed by atoms with E-state index in [4.69, 9.17) is 15.0 Å². The Hall–Kier alpha value is -3.64. The topological polar surface area (TPSA) is 206 Å². The summed E-state index contributed by atoms with van der Waals surface area (Å²) in [6.07, 6.45) is 0.573. The highest BCUT2D eigenvalue weighted by Gasteiger charge is 2.37. The van der Waals surface area contributed by atoms with E-state index >= 15 is 0 Å². The molecule has 0 aromatic carbocycles. The Balaban J connectivity index is 2.00. The molecule has 2 heterocycles. The van der Waals surface area contributed by atoms with E-state index in [1.165, 1.54) is 17.7 Å². The van der Waals surface area contributed by atoms with E-state index in [2.05, 4.69) is 20.3 Å². The molecule has 2 rings (SSSR count). The number of carbonyl (C=O) groups is 3. The van der Waals surface area contributed by atoms with Gasteiger partial charge in [0.25, 0.3) is 5.56 Å². The van der Waals surface area contributed by atoms with Gasteiger partial charge in [-0.15, -0.1) is 0 Å². The Morgan fingerprint density at radius 2 is 2.15 bits per heavy atom. The molecule has 33 heavy (non-hydrogen) atoms. The van der Waals surface area contributed by atoms with Crippen molar-refractivity contribution in [3.8, 4) is 0 Å². The third kappa shape index (κ3) is 6.67. The monoisotopic (exact) mass is 466 g/mol. The number of aromatic amines is 1. The molecule has 1 amide bonds. The average Bonchev–Trinajstić information content (AvgIpc) is 3.14. The number of carboxylic acid groups (broad SMARTS) is 1. The Morgan fingerprint density at radius 1 is 1.45 bits per heavy atom. The van der Waals surface area contributed by atoms with Gasteiger partial charge < -0.3 is 19.9 Å². The van der Waals surface area contributed by atoms with Gasteiger partial charge in [-0.25, -0.2) is 14.4 Å². The van der Waals surface area contributed by atoms with Crippen LogP contribution in [0.4, 0.5) is 0 Å². The van der Waals surface area contributed by atoms with Gasteiger partial charge in [0.2, 0.25) is 0 Å². The molecule has 14 nitrogen and oxygen atoms in total. The van der Waals surface area contributed by atoms with E-state index in [0.717, 1.165) is 0 Å². The van der Waals surface area contributed by atoms with Crippen molar-refractivity contribution in [2.45, 2.75) is 64.4 Å². The van der Waals surface area contributed by atoms with Gasteiger partial charge in [0.15, 0.2) is 0 Å². The standard InChI is InChI=1S/C19H26N6O8/c1-4-9(2)14(17(28)29)21-16(27)18(30)32-8-13-12(23-24-20)5-11(33-13)7-25-6-10(3)15(26)22-19(25)31/h6,9,11-14H,4-5,7-8H2,1-3H3,(H,21,27)(H,28,29)(H,22,26,31)/t9-,11+,12?,13+,14-/m0/s1. The van der Waals surface area contributed by atoms with Crippen LogP contribution in [-0.2, 0) is 30.4 Å². The molecule has 1 aliphatic heterocycles. The highest BCUT2D eigenvalue weighted by Crippen LogP contribution is 2.25. The molecule has 0 aliphatic carbocycles. The summed E-state index contributed by atoms with van der Waals surface area (Å²) in [6, 6.07) is -1.99. The molecule has 1 aliphatic rings. The first-order valence-corrected chi connectivity index (χ1v) is 10.3. The lowest BCUT2D eigenvalue weighted by molar-refractivity contribution is -0.159. The third-order valence-corrected chi connectivity index (χ3v) is 5.42. The number of amides is 1. The number of aromatic nitrogens is 2. The molecule has 0 spiro atoms. The van der Waals surface area contributed by atoms with Gasteiger partial charge in [-0.05, 0) is 24.8 Å². The molecule has 1 saturated heterocycles. The quantitative estimate of drug-likeness (QED) is 0.146. The molecular weight excluding hydrogens is 440 g/mol. The molecule has 1 unspecified atom stereocenters. The number of azide groups is 1. The number of esters is 1. The number of H-pyrrole nitrogens is 1. The first kappa shape index (κ1) is 25.6. The van der Waals surface area contributed by atoms with E-state index in [-0.39, 0.29) is 13.0 Å². The second kappa shape index (κ2) is 11.3. The zero-order chi connectivity index (χ0) is 24.7. The van der Waals surface area contributed by atoms with Crippen molar-refractivity contribution in [1.82, 2.24) is 14.9 Å². The number of carboxylic acids is 1. The van der Waals surface area contributed by atoms with Crippen LogP contribution < -0.4 is 16.6 Å². The number of hydrogen-bond acceptors (Lipinski definition) is 8. The summed E-state index contributed by atoms with van der Waals surface area (Å²) in [5.74, 6) is -4.20. The number of nitrogens with zero attached hydrogens (tertiary/aromatic N) is 4. The zero-order valence-electron chi connectivity index (χ0n) is 18.4. The first-order chi connectivity index (χ1) is 15.6. The van der Waals surface area contributed by atoms with Crippen LogP contribution in [0.25, 0.3) is 10.4 Å². The molecule has 0 saturated carbocycles. The van der Waals surface area contributed by atoms with Gasteiger partial charge in [0.05, 0.1) is 18.7 Å². The van der Waals surface area contributed by atoms with Gasteiger partial charge in [-0.3, -0.25) is 19.1 Å². The average molecular weight is 466 g/mol. The second-order valence-corrected chi connectivity index (χ2v) is 7.80. The predicted octanol–water partition coefficient (Wildman–Crippen LogP) is -0.160. The van der Waals surface area contributed by atoms with Crippen LogP contribution >= 0.6 is 0 Å². The third-order valence-electron chi connectivity index (χ3n) is 5.42. The molecule has 0 radical (unpaired) electrons. The predicted molar refractivity (Wildman–Crippen MR) is 112 cm³/mol. The maximum Gasteiger partial charge on any atom is 0.396 e. The summed E-state index contributed by atoms with van der Waals surface area (Å²) in [5.41, 5.74) is 8.00. The lowest BCUT2D eigenvalue weighted by Crippen LogP contribution is -2.48. The van der Waals surface area contributed by atoms with Crippen molar-refractivity contribution in [2.24, 2.45) is 11.0 Å². The number of aryl methyl sites for hydroxylation is 1. The number of aliphatic carboxylic acids is 1. The highest BCUT2D eigenvalue weighted by atomic mass is 16.6. The Kier molecular flexibility index (Phi) is 8.77. The highest BCUT2D eigenvalue weighted by molar-refractivity contribution is 6.32. The minimum Gasteiger partial charge on any atom is -0.480 e. The van der Waals surface area contributed by atoms with Crippen LogP contribution in [0.2, 0.25) is 0 Å². The van der Waals surface area contributed by atoms with Crippen molar-refractivity contribution >= 4 is 17.8 Å². The number of nitrogens with one attached hydrogen (secondary N) is 2. The fourth-order valence-electron chi connectivity index (χ4n) is 3.35. The maximum atomic E-state index is 12.1. The lowest BCUT2D eigenvalue weighted by atomic mass is 9.99. The lowest BCUT2D eigenvalue weighted by Gasteiger charge is -2.20. The Morgan fingerprint density at radius 3 is 2.76 bits per heavy atom. The molecule has 1 aromatic heterocycles. The largest absolute Gasteiger partial charge is 0.480 e. The molecule has 0 bridgehead atoms. The van der Waals surface area contributed by atoms with Gasteiger partial charge in [0.1, 0.15) is 18.8 Å². The molecular formula is C19H26N6O8. The molecule has 5 atom stereocenters. The van der Waals surface area contributed by atoms with Crippen LogP contribution in [-0.4, -0.2) is 63.4 Å². The van der Waals surface area contributed by atoms with Crippen molar-refractivity contribution in [1.29, 1.82) is 0 Å². The molecule has 14 heteroatoms. The maximum absolute atomic E-state index is 12.1. The molecule has 180 valence electrons. The van der Waals surface area contributed by atoms with E-state index in [9.17, 15) is 29.1 Å². The van der Waals surface area contributed by atoms with Gasteiger partial charge >= 0.3 is 23.5 Å². The van der Waals surface area contributed by atoms with Crippen molar-refractivity contribution in [3.05, 3.63) is 43.0 Å². The molecule has 3 N–H and O–H groups in total. The van der Waals surface area contributed by atoms with Gasteiger partial charge in [-0.2, -0.15) is 0 Å². The Bertz CT molecular complexity index is 1060. The Labute approximate surface area is 187 Å². The van der Waals surface area contributed by atoms with Crippen LogP contribution in [0.3, 0.4) is 0 Å². The fraction of sp³-hybridized carbons (Fsp3) is 0.632. The second-order valence-electron chi connectivity index (χ2n) is 7.80. The minimum absolute atomic E-state index is 0.0496. The van der Waals surface area contributed by atoms with Crippen LogP contribution in [0.5, 0.6) is 0 Å². The first-order valence-electron chi connectivity index (χ1n) is 10.3. The van der Waals surface area contributed by atoms with Gasteiger partial charge in [0, 0.05) is 16.7 Å². The molecule has 1 fully saturated rings. The van der Waals surface area contributed by atoms with Crippen molar-refractivity contribution in [2.75, 3.05) is 6.61 Å². The van der Waals surface area contributed by atoms with E-state index in [1.807, 2.05) is 0 Å². The minimum atomic E-state index is -1.30. The smallest absolute Gasteiger partial charge is 0.396 e. The SMILES string of the molecule is CC[C@H](C)[C@H](NC(=O)C(=O)OC[C@H]1O[C@@H](Cn2cc(C)c(=O)[nH]c2=O)CC1N=[N+]=[N-])C(=O)O. The van der Waals surface area contributed by atoms with Crippen LogP contribution in [0.1, 0.15) is 32.3 Å². The van der Waals surface area contributed by atoms with Crippen molar-refractivity contribution in [3.63, 3.8) is 0 Å². The van der Waals surface area contributed by atoms with E-state index in [0.29, 0.717) is 12.0 Å². The fourth-order valence-corrected chi connectivity index (χ4v) is 3.35. The van der Waals surface area contributed by atoms with Crippen molar-refractivity contribution < 1.29 is 29.0 Å². The number of carbonyl (C=O) groups excluding carboxylic acids is 2.